The normalized spacial score (nSPS) is 50.4. The molecule has 4 heterocycles. The van der Waals surface area contributed by atoms with Crippen molar-refractivity contribution in [2.45, 2.75) is 83.5 Å². The zero-order valence-corrected chi connectivity index (χ0v) is 19.7. The highest BCUT2D eigenvalue weighted by atomic mass is 16.7. The van der Waals surface area contributed by atoms with E-state index in [1.807, 2.05) is 20.8 Å². The molecule has 4 saturated heterocycles. The number of methoxy groups -OCH3 is 1. The third kappa shape index (κ3) is 2.59. The zero-order chi connectivity index (χ0) is 23.4. The van der Waals surface area contributed by atoms with Crippen molar-refractivity contribution in [3.63, 3.8) is 0 Å². The van der Waals surface area contributed by atoms with Gasteiger partial charge in [-0.1, -0.05) is 6.92 Å². The second-order valence-electron chi connectivity index (χ2n) is 11.1. The van der Waals surface area contributed by atoms with E-state index in [2.05, 4.69) is 0 Å². The summed E-state index contributed by atoms with van der Waals surface area (Å²) in [4.78, 5) is 38.9. The largest absolute Gasteiger partial charge is 0.370 e. The van der Waals surface area contributed by atoms with Crippen LogP contribution in [0.15, 0.2) is 12.2 Å². The summed E-state index contributed by atoms with van der Waals surface area (Å²) in [7, 11) is 1.50. The molecule has 0 aromatic carbocycles. The molecular weight excluding hydrogens is 416 g/mol. The van der Waals surface area contributed by atoms with E-state index in [4.69, 9.17) is 23.7 Å². The molecule has 8 nitrogen and oxygen atoms in total. The lowest BCUT2D eigenvalue weighted by Gasteiger charge is -2.54. The first kappa shape index (κ1) is 22.3. The highest BCUT2D eigenvalue weighted by Gasteiger charge is 2.80. The van der Waals surface area contributed by atoms with Gasteiger partial charge in [-0.2, -0.15) is 0 Å². The van der Waals surface area contributed by atoms with Crippen molar-refractivity contribution < 1.29 is 38.1 Å². The second kappa shape index (κ2) is 6.57. The van der Waals surface area contributed by atoms with Crippen LogP contribution in [0, 0.1) is 22.7 Å². The number of rotatable bonds is 3. The van der Waals surface area contributed by atoms with Gasteiger partial charge in [-0.05, 0) is 46.8 Å². The average Bonchev–Trinajstić information content (AvgIpc) is 3.47. The lowest BCUT2D eigenvalue weighted by molar-refractivity contribution is -0.312. The first-order chi connectivity index (χ1) is 14.8. The molecule has 5 rings (SSSR count). The van der Waals surface area contributed by atoms with Crippen LogP contribution in [0.3, 0.4) is 0 Å². The molecule has 4 aliphatic heterocycles. The molecule has 0 N–H and O–H groups in total. The molecule has 9 atom stereocenters. The fraction of sp³-hybridized carbons (Fsp3) is 0.792. The van der Waals surface area contributed by atoms with E-state index >= 15 is 0 Å². The quantitative estimate of drug-likeness (QED) is 0.365. The summed E-state index contributed by atoms with van der Waals surface area (Å²) in [5, 5.41) is 0. The van der Waals surface area contributed by atoms with Gasteiger partial charge in [-0.15, -0.1) is 0 Å². The Bertz CT molecular complexity index is 921. The number of Topliss-reactive ketones (excluding diaryl/α,β-unsaturated/α-hetero) is 2. The van der Waals surface area contributed by atoms with Gasteiger partial charge in [0.2, 0.25) is 11.6 Å². The maximum absolute atomic E-state index is 13.5. The Morgan fingerprint density at radius 1 is 1.06 bits per heavy atom. The molecule has 176 valence electrons. The van der Waals surface area contributed by atoms with Gasteiger partial charge in [-0.3, -0.25) is 14.4 Å². The SMILES string of the molecule is CO[C@]1(/C=C/C(C)=O)[C@H]2O[C@@H](C(=O)C(=O)C1(C)C)[C@@]1(C)[C@@H]2[C@@H]2COC(C)(C)O[C@H]2[C@H]2O[C@H]21. The highest BCUT2D eigenvalue weighted by molar-refractivity contribution is 6.41. The number of carbonyl (C=O) groups is 3. The number of allylic oxidation sites excluding steroid dienone is 1. The van der Waals surface area contributed by atoms with Gasteiger partial charge in [0.25, 0.3) is 0 Å². The van der Waals surface area contributed by atoms with E-state index in [1.165, 1.54) is 20.1 Å². The first-order valence-electron chi connectivity index (χ1n) is 11.3. The van der Waals surface area contributed by atoms with Crippen LogP contribution in [-0.2, 0) is 38.1 Å². The van der Waals surface area contributed by atoms with E-state index in [0.717, 1.165) is 0 Å². The van der Waals surface area contributed by atoms with Gasteiger partial charge in [0, 0.05) is 24.4 Å². The van der Waals surface area contributed by atoms with Crippen LogP contribution < -0.4 is 0 Å². The fourth-order valence-electron chi connectivity index (χ4n) is 6.89. The molecular formula is C24H32O8. The molecule has 0 spiro atoms. The Labute approximate surface area is 187 Å². The van der Waals surface area contributed by atoms with E-state index in [1.54, 1.807) is 19.9 Å². The van der Waals surface area contributed by atoms with Gasteiger partial charge in [0.05, 0.1) is 30.3 Å². The molecule has 5 fully saturated rings. The minimum Gasteiger partial charge on any atom is -0.370 e. The van der Waals surface area contributed by atoms with Crippen molar-refractivity contribution in [1.29, 1.82) is 0 Å². The summed E-state index contributed by atoms with van der Waals surface area (Å²) in [6.45, 7) is 11.0. The molecule has 0 radical (unpaired) electrons. The molecule has 0 aromatic heterocycles. The lowest BCUT2D eigenvalue weighted by Crippen LogP contribution is -2.67. The maximum atomic E-state index is 13.5. The van der Waals surface area contributed by atoms with Crippen molar-refractivity contribution in [2.75, 3.05) is 13.7 Å². The number of epoxide rings is 1. The number of hydrogen-bond donors (Lipinski definition) is 0. The Morgan fingerprint density at radius 2 is 1.75 bits per heavy atom. The third-order valence-electron chi connectivity index (χ3n) is 8.61. The summed E-state index contributed by atoms with van der Waals surface area (Å²) in [5.74, 6) is -2.42. The smallest absolute Gasteiger partial charge is 0.228 e. The summed E-state index contributed by atoms with van der Waals surface area (Å²) in [5.41, 5.74) is -3.32. The summed E-state index contributed by atoms with van der Waals surface area (Å²) in [6, 6.07) is 0. The lowest BCUT2D eigenvalue weighted by atomic mass is 9.52. The second-order valence-corrected chi connectivity index (χ2v) is 11.1. The van der Waals surface area contributed by atoms with Crippen molar-refractivity contribution in [3.05, 3.63) is 12.2 Å². The Morgan fingerprint density at radius 3 is 2.38 bits per heavy atom. The molecule has 2 bridgehead atoms. The number of hydrogen-bond acceptors (Lipinski definition) is 8. The number of ether oxygens (including phenoxy) is 5. The number of fused-ring (bicyclic) bond motifs is 10. The van der Waals surface area contributed by atoms with Crippen molar-refractivity contribution >= 4 is 17.3 Å². The standard InChI is InChI=1S/C24H32O8/c1-11(25)8-9-24(28-7)18-13-12-10-29-22(4,5)32-15(12)16-20(30-16)23(13,6)19(31-18)14(26)17(27)21(24,2)3/h8-9,12-13,15-16,18-20H,10H2,1-7H3/b9-8+/t12-,13+,15+,16+,18-,19-,20+,23+,24+/m0/s1. The average molecular weight is 449 g/mol. The molecule has 1 saturated carbocycles. The summed E-state index contributed by atoms with van der Waals surface area (Å²) in [6.07, 6.45) is 0.744. The molecule has 0 amide bonds. The van der Waals surface area contributed by atoms with Crippen LogP contribution >= 0.6 is 0 Å². The van der Waals surface area contributed by atoms with Crippen LogP contribution in [0.4, 0.5) is 0 Å². The van der Waals surface area contributed by atoms with Gasteiger partial charge in [0.15, 0.2) is 11.6 Å². The summed E-state index contributed by atoms with van der Waals surface area (Å²) < 4.78 is 31.0. The molecule has 0 aromatic rings. The van der Waals surface area contributed by atoms with Gasteiger partial charge in [0.1, 0.15) is 17.8 Å². The molecule has 1 aliphatic carbocycles. The van der Waals surface area contributed by atoms with E-state index in [-0.39, 0.29) is 35.9 Å². The van der Waals surface area contributed by atoms with Crippen LogP contribution in [0.25, 0.3) is 0 Å². The molecule has 8 heteroatoms. The van der Waals surface area contributed by atoms with Crippen molar-refractivity contribution in [2.24, 2.45) is 22.7 Å². The zero-order valence-electron chi connectivity index (χ0n) is 19.7. The highest BCUT2D eigenvalue weighted by Crippen LogP contribution is 2.67. The first-order valence-corrected chi connectivity index (χ1v) is 11.3. The van der Waals surface area contributed by atoms with E-state index in [0.29, 0.717) is 6.61 Å². The Hall–Kier alpha value is -1.45. The van der Waals surface area contributed by atoms with E-state index < -0.39 is 46.0 Å². The van der Waals surface area contributed by atoms with Gasteiger partial charge < -0.3 is 23.7 Å². The van der Waals surface area contributed by atoms with Crippen LogP contribution in [0.5, 0.6) is 0 Å². The predicted molar refractivity (Wildman–Crippen MR) is 111 cm³/mol. The fourth-order valence-corrected chi connectivity index (χ4v) is 6.89. The monoisotopic (exact) mass is 448 g/mol. The van der Waals surface area contributed by atoms with Crippen molar-refractivity contribution in [1.82, 2.24) is 0 Å². The topological polar surface area (TPSA) is 101 Å². The molecule has 32 heavy (non-hydrogen) atoms. The van der Waals surface area contributed by atoms with Crippen LogP contribution in [-0.4, -0.2) is 73.0 Å². The number of carbonyl (C=O) groups excluding carboxylic acids is 3. The third-order valence-corrected chi connectivity index (χ3v) is 8.61. The number of ketones is 3. The van der Waals surface area contributed by atoms with Gasteiger partial charge in [-0.25, -0.2) is 0 Å². The van der Waals surface area contributed by atoms with E-state index in [9.17, 15) is 14.4 Å². The Kier molecular flexibility index (Phi) is 4.59. The summed E-state index contributed by atoms with van der Waals surface area (Å²) >= 11 is 0. The minimum absolute atomic E-state index is 0.121. The maximum Gasteiger partial charge on any atom is 0.228 e. The molecule has 0 unspecified atom stereocenters. The van der Waals surface area contributed by atoms with Crippen LogP contribution in [0.2, 0.25) is 0 Å². The minimum atomic E-state index is -1.33. The van der Waals surface area contributed by atoms with Gasteiger partial charge >= 0.3 is 0 Å². The Balaban J connectivity index is 1.70. The predicted octanol–water partition coefficient (Wildman–Crippen LogP) is 1.63. The van der Waals surface area contributed by atoms with Crippen LogP contribution in [0.1, 0.15) is 41.5 Å². The molecule has 5 aliphatic rings. The van der Waals surface area contributed by atoms with Crippen molar-refractivity contribution in [3.8, 4) is 0 Å².